The van der Waals surface area contributed by atoms with Gasteiger partial charge in [0.2, 0.25) is 0 Å². The van der Waals surface area contributed by atoms with Crippen molar-refractivity contribution < 1.29 is 22.7 Å². The first-order valence-electron chi connectivity index (χ1n) is 12.9. The highest BCUT2D eigenvalue weighted by Gasteiger charge is 2.26. The number of rotatable bonds is 7. The summed E-state index contributed by atoms with van der Waals surface area (Å²) in [5.74, 6) is -2.47. The van der Waals surface area contributed by atoms with Crippen LogP contribution in [-0.2, 0) is 17.8 Å². The minimum atomic E-state index is -0.925. The minimum absolute atomic E-state index is 0.0281. The second kappa shape index (κ2) is 11.9. The van der Waals surface area contributed by atoms with Crippen LogP contribution in [0.2, 0.25) is 0 Å². The highest BCUT2D eigenvalue weighted by molar-refractivity contribution is 5.68. The van der Waals surface area contributed by atoms with Gasteiger partial charge < -0.3 is 10.1 Å². The molecule has 1 atom stereocenters. The van der Waals surface area contributed by atoms with Gasteiger partial charge in [0.05, 0.1) is 24.7 Å². The number of carbonyl (C=O) groups is 1. The van der Waals surface area contributed by atoms with Gasteiger partial charge in [0.25, 0.3) is 5.56 Å². The number of amides is 1. The average molecular weight is 566 g/mol. The molecular formula is C31H30F3N3O4. The van der Waals surface area contributed by atoms with Crippen molar-refractivity contribution in [2.24, 2.45) is 0 Å². The minimum Gasteiger partial charge on any atom is -0.444 e. The Bertz CT molecular complexity index is 1670. The third-order valence-electron chi connectivity index (χ3n) is 6.47. The van der Waals surface area contributed by atoms with Crippen LogP contribution in [0.1, 0.15) is 43.6 Å². The maximum atomic E-state index is 15.0. The fourth-order valence-electron chi connectivity index (χ4n) is 4.52. The number of hydrogen-bond acceptors (Lipinski definition) is 4. The first-order chi connectivity index (χ1) is 19.4. The molecule has 4 rings (SSSR count). The maximum absolute atomic E-state index is 15.0. The van der Waals surface area contributed by atoms with Crippen LogP contribution in [0.5, 0.6) is 0 Å². The lowest BCUT2D eigenvalue weighted by Gasteiger charge is -2.25. The van der Waals surface area contributed by atoms with E-state index in [1.54, 1.807) is 51.1 Å². The predicted octanol–water partition coefficient (Wildman–Crippen LogP) is 5.72. The molecule has 7 nitrogen and oxygen atoms in total. The van der Waals surface area contributed by atoms with E-state index in [1.165, 1.54) is 37.3 Å². The maximum Gasteiger partial charge on any atom is 0.408 e. The van der Waals surface area contributed by atoms with Gasteiger partial charge in [0.1, 0.15) is 23.1 Å². The van der Waals surface area contributed by atoms with E-state index < -0.39 is 58.5 Å². The summed E-state index contributed by atoms with van der Waals surface area (Å²) in [7, 11) is 0. The highest BCUT2D eigenvalue weighted by atomic mass is 19.1. The normalized spacial score (nSPS) is 12.2. The number of nitrogens with zero attached hydrogens (tertiary/aromatic N) is 2. The van der Waals surface area contributed by atoms with Crippen molar-refractivity contribution in [2.75, 3.05) is 0 Å². The van der Waals surface area contributed by atoms with Crippen molar-refractivity contribution in [1.82, 2.24) is 14.5 Å². The topological polar surface area (TPSA) is 82.3 Å². The van der Waals surface area contributed by atoms with Crippen molar-refractivity contribution in [3.05, 3.63) is 128 Å². The van der Waals surface area contributed by atoms with Gasteiger partial charge in [-0.15, -0.1) is 0 Å². The number of ether oxygens (including phenoxy) is 1. The summed E-state index contributed by atoms with van der Waals surface area (Å²) < 4.78 is 51.5. The zero-order valence-electron chi connectivity index (χ0n) is 23.1. The Labute approximate surface area is 234 Å². The SMILES string of the molecule is Cc1c(-c2ccccc2F)c(=O)n(C[C@@H](NC(=O)OC(C)(C)C)c2ccccc2)c(=O)n1Cc1c(F)cccc1F. The molecule has 0 fully saturated rings. The molecule has 0 unspecified atom stereocenters. The van der Waals surface area contributed by atoms with Gasteiger partial charge in [-0.25, -0.2) is 22.8 Å². The Balaban J connectivity index is 1.92. The van der Waals surface area contributed by atoms with Crippen molar-refractivity contribution in [1.29, 1.82) is 0 Å². The zero-order valence-corrected chi connectivity index (χ0v) is 23.1. The number of halogens is 3. The van der Waals surface area contributed by atoms with Crippen LogP contribution >= 0.6 is 0 Å². The zero-order chi connectivity index (χ0) is 29.9. The van der Waals surface area contributed by atoms with E-state index in [0.29, 0.717) is 5.56 Å². The van der Waals surface area contributed by atoms with Crippen LogP contribution in [0.15, 0.2) is 82.4 Å². The Morgan fingerprint density at radius 1 is 0.854 bits per heavy atom. The van der Waals surface area contributed by atoms with Gasteiger partial charge in [0.15, 0.2) is 0 Å². The second-order valence-electron chi connectivity index (χ2n) is 10.5. The van der Waals surface area contributed by atoms with Crippen LogP contribution in [0, 0.1) is 24.4 Å². The van der Waals surface area contributed by atoms with Crippen molar-refractivity contribution in [2.45, 2.75) is 52.4 Å². The molecule has 41 heavy (non-hydrogen) atoms. The smallest absolute Gasteiger partial charge is 0.408 e. The Morgan fingerprint density at radius 2 is 1.44 bits per heavy atom. The summed E-state index contributed by atoms with van der Waals surface area (Å²) in [4.78, 5) is 40.4. The molecule has 0 aliphatic rings. The summed E-state index contributed by atoms with van der Waals surface area (Å²) >= 11 is 0. The molecule has 1 heterocycles. The Hall–Kier alpha value is -4.60. The quantitative estimate of drug-likeness (QED) is 0.311. The molecular weight excluding hydrogens is 535 g/mol. The summed E-state index contributed by atoms with van der Waals surface area (Å²) in [5, 5.41) is 2.70. The van der Waals surface area contributed by atoms with Gasteiger partial charge in [-0.3, -0.25) is 13.9 Å². The average Bonchev–Trinajstić information content (AvgIpc) is 2.90. The molecule has 0 bridgehead atoms. The highest BCUT2D eigenvalue weighted by Crippen LogP contribution is 2.24. The lowest BCUT2D eigenvalue weighted by atomic mass is 10.0. The largest absolute Gasteiger partial charge is 0.444 e. The standard InChI is InChI=1S/C31H30F3N3O4/c1-19-27(21-13-8-9-14-23(21)32)28(38)37(30(40)36(19)17-22-24(33)15-10-16-25(22)34)18-26(20-11-6-5-7-12-20)35-29(39)41-31(2,3)4/h5-16,26H,17-18H2,1-4H3,(H,35,39)/t26-/m1/s1. The Morgan fingerprint density at radius 3 is 2.05 bits per heavy atom. The van der Waals surface area contributed by atoms with E-state index in [2.05, 4.69) is 5.32 Å². The number of hydrogen-bond donors (Lipinski definition) is 1. The first kappa shape index (κ1) is 29.4. The summed E-state index contributed by atoms with van der Waals surface area (Å²) in [6.45, 7) is 5.56. The number of alkyl carbamates (subject to hydrolysis) is 1. The van der Waals surface area contributed by atoms with Crippen molar-refractivity contribution in [3.8, 4) is 11.1 Å². The van der Waals surface area contributed by atoms with Crippen molar-refractivity contribution in [3.63, 3.8) is 0 Å². The van der Waals surface area contributed by atoms with E-state index >= 15 is 0 Å². The van der Waals surface area contributed by atoms with Crippen molar-refractivity contribution >= 4 is 6.09 Å². The van der Waals surface area contributed by atoms with Gasteiger partial charge >= 0.3 is 11.8 Å². The van der Waals surface area contributed by atoms with E-state index in [-0.39, 0.29) is 23.4 Å². The number of benzene rings is 3. The lowest BCUT2D eigenvalue weighted by molar-refractivity contribution is 0.0497. The third kappa shape index (κ3) is 6.59. The van der Waals surface area contributed by atoms with E-state index in [1.807, 2.05) is 0 Å². The molecule has 10 heteroatoms. The first-order valence-corrected chi connectivity index (χ1v) is 12.9. The predicted molar refractivity (Wildman–Crippen MR) is 149 cm³/mol. The van der Waals surface area contributed by atoms with Gasteiger partial charge in [-0.2, -0.15) is 0 Å². The number of nitrogens with one attached hydrogen (secondary N) is 1. The van der Waals surface area contributed by atoms with E-state index in [4.69, 9.17) is 4.74 Å². The summed E-state index contributed by atoms with van der Waals surface area (Å²) in [6.07, 6.45) is -0.783. The molecule has 1 N–H and O–H groups in total. The van der Waals surface area contributed by atoms with E-state index in [9.17, 15) is 27.6 Å². The van der Waals surface area contributed by atoms with E-state index in [0.717, 1.165) is 21.3 Å². The Kier molecular flexibility index (Phi) is 8.51. The third-order valence-corrected chi connectivity index (χ3v) is 6.47. The molecule has 0 saturated carbocycles. The molecule has 3 aromatic carbocycles. The van der Waals surface area contributed by atoms with Gasteiger partial charge in [0, 0.05) is 16.8 Å². The fraction of sp³-hybridized carbons (Fsp3) is 0.258. The molecule has 0 spiro atoms. The van der Waals surface area contributed by atoms with Gasteiger partial charge in [-0.05, 0) is 51.5 Å². The molecule has 4 aromatic rings. The molecule has 1 aromatic heterocycles. The number of aromatic nitrogens is 2. The second-order valence-corrected chi connectivity index (χ2v) is 10.5. The summed E-state index contributed by atoms with van der Waals surface area (Å²) in [6, 6.07) is 16.5. The molecule has 0 saturated heterocycles. The number of carbonyl (C=O) groups excluding carboxylic acids is 1. The van der Waals surface area contributed by atoms with Crippen LogP contribution < -0.4 is 16.6 Å². The summed E-state index contributed by atoms with van der Waals surface area (Å²) in [5.41, 5.74) is -2.57. The van der Waals surface area contributed by atoms with Crippen LogP contribution in [0.3, 0.4) is 0 Å². The van der Waals surface area contributed by atoms with Gasteiger partial charge in [-0.1, -0.05) is 54.6 Å². The fourth-order valence-corrected chi connectivity index (χ4v) is 4.52. The van der Waals surface area contributed by atoms with Crippen LogP contribution in [0.4, 0.5) is 18.0 Å². The monoisotopic (exact) mass is 565 g/mol. The molecule has 0 aliphatic carbocycles. The molecule has 0 radical (unpaired) electrons. The van der Waals surface area contributed by atoms with Crippen LogP contribution in [-0.4, -0.2) is 20.8 Å². The molecule has 1 amide bonds. The van der Waals surface area contributed by atoms with Crippen LogP contribution in [0.25, 0.3) is 11.1 Å². The lowest BCUT2D eigenvalue weighted by Crippen LogP contribution is -2.46. The molecule has 214 valence electrons. The molecule has 0 aliphatic heterocycles.